The lowest BCUT2D eigenvalue weighted by Crippen LogP contribution is -2.29. The fourth-order valence-corrected chi connectivity index (χ4v) is 2.87. The van der Waals surface area contributed by atoms with Gasteiger partial charge in [0, 0.05) is 17.8 Å². The zero-order valence-corrected chi connectivity index (χ0v) is 14.2. The van der Waals surface area contributed by atoms with Gasteiger partial charge in [0.2, 0.25) is 5.91 Å². The van der Waals surface area contributed by atoms with Gasteiger partial charge in [-0.3, -0.25) is 4.79 Å². The Hall–Kier alpha value is -2.41. The molecule has 0 saturated carbocycles. The molecule has 2 aromatic rings. The summed E-state index contributed by atoms with van der Waals surface area (Å²) in [6, 6.07) is 7.85. The van der Waals surface area contributed by atoms with E-state index in [1.54, 1.807) is 5.38 Å². The number of rotatable bonds is 9. The molecule has 0 aliphatic heterocycles. The number of thiazole rings is 1. The van der Waals surface area contributed by atoms with E-state index >= 15 is 0 Å². The number of benzene rings is 1. The van der Waals surface area contributed by atoms with Crippen molar-refractivity contribution in [2.75, 3.05) is 13.2 Å². The van der Waals surface area contributed by atoms with Crippen LogP contribution in [-0.4, -0.2) is 30.0 Å². The monoisotopic (exact) mass is 347 g/mol. The first kappa shape index (κ1) is 17.9. The molecule has 0 aliphatic carbocycles. The van der Waals surface area contributed by atoms with Crippen molar-refractivity contribution < 1.29 is 19.4 Å². The molecule has 0 aliphatic rings. The van der Waals surface area contributed by atoms with Crippen LogP contribution in [0.5, 0.6) is 5.75 Å². The fraction of sp³-hybridized carbons (Fsp3) is 0.353. The summed E-state index contributed by atoms with van der Waals surface area (Å²) in [6.07, 6.45) is 0.841. The quantitative estimate of drug-likeness (QED) is 0.676. The molecule has 0 saturated heterocycles. The molecular formula is C17H19N2O4S-. The Kier molecular flexibility index (Phi) is 6.74. The number of nitrogens with zero attached hydrogens (tertiary/aromatic N) is 1. The van der Waals surface area contributed by atoms with E-state index in [9.17, 15) is 14.7 Å². The van der Waals surface area contributed by atoms with Gasteiger partial charge in [-0.05, 0) is 24.1 Å². The Morgan fingerprint density at radius 2 is 2.17 bits per heavy atom. The van der Waals surface area contributed by atoms with E-state index in [0.29, 0.717) is 23.9 Å². The highest BCUT2D eigenvalue weighted by molar-refractivity contribution is 7.09. The fourth-order valence-electron chi connectivity index (χ4n) is 2.07. The molecule has 0 radical (unpaired) electrons. The zero-order chi connectivity index (χ0) is 17.4. The van der Waals surface area contributed by atoms with Crippen LogP contribution in [0.4, 0.5) is 0 Å². The summed E-state index contributed by atoms with van der Waals surface area (Å²) in [5, 5.41) is 15.5. The van der Waals surface area contributed by atoms with E-state index in [0.717, 1.165) is 12.2 Å². The largest absolute Gasteiger partial charge is 0.550 e. The molecule has 1 amide bonds. The number of aromatic nitrogens is 1. The molecule has 0 fully saturated rings. The van der Waals surface area contributed by atoms with Gasteiger partial charge in [0.15, 0.2) is 0 Å². The number of carbonyl (C=O) groups is 2. The molecule has 1 heterocycles. The third-order valence-corrected chi connectivity index (χ3v) is 4.13. The minimum Gasteiger partial charge on any atom is -0.550 e. The maximum Gasteiger partial charge on any atom is 0.226 e. The van der Waals surface area contributed by atoms with Gasteiger partial charge in [0.1, 0.15) is 17.4 Å². The zero-order valence-electron chi connectivity index (χ0n) is 13.4. The van der Waals surface area contributed by atoms with Crippen molar-refractivity contribution in [3.63, 3.8) is 0 Å². The number of carboxylic acid groups (broad SMARTS) is 1. The standard InChI is InChI=1S/C17H20N2O4S/c1-2-12-4-3-5-14(8-12)23-7-6-18-15(20)10-16-19-13(11-24-16)9-17(21)22/h3-5,8,11H,2,6-7,9-10H2,1H3,(H,18,20)(H,21,22)/p-1. The number of carboxylic acids is 1. The topological polar surface area (TPSA) is 91.3 Å². The van der Waals surface area contributed by atoms with Gasteiger partial charge in [0.05, 0.1) is 18.7 Å². The van der Waals surface area contributed by atoms with Crippen LogP contribution < -0.4 is 15.2 Å². The minimum atomic E-state index is -1.18. The first-order chi connectivity index (χ1) is 11.6. The summed E-state index contributed by atoms with van der Waals surface area (Å²) >= 11 is 1.27. The highest BCUT2D eigenvalue weighted by Crippen LogP contribution is 2.13. The van der Waals surface area contributed by atoms with Gasteiger partial charge in [-0.25, -0.2) is 4.98 Å². The minimum absolute atomic E-state index is 0.128. The summed E-state index contributed by atoms with van der Waals surface area (Å²) in [7, 11) is 0. The average molecular weight is 347 g/mol. The Morgan fingerprint density at radius 1 is 1.33 bits per heavy atom. The van der Waals surface area contributed by atoms with Crippen molar-refractivity contribution in [3.05, 3.63) is 45.9 Å². The van der Waals surface area contributed by atoms with Crippen LogP contribution >= 0.6 is 11.3 Å². The summed E-state index contributed by atoms with van der Waals surface area (Å²) in [6.45, 7) is 2.86. The van der Waals surface area contributed by atoms with Crippen molar-refractivity contribution in [3.8, 4) is 5.75 Å². The second-order valence-electron chi connectivity index (χ2n) is 5.16. The molecule has 7 heteroatoms. The summed E-state index contributed by atoms with van der Waals surface area (Å²) in [5.74, 6) is -0.564. The lowest BCUT2D eigenvalue weighted by molar-refractivity contribution is -0.304. The van der Waals surface area contributed by atoms with Crippen LogP contribution in [0.3, 0.4) is 0 Å². The molecule has 2 rings (SSSR count). The highest BCUT2D eigenvalue weighted by atomic mass is 32.1. The number of amides is 1. The van der Waals surface area contributed by atoms with Crippen LogP contribution in [0.2, 0.25) is 0 Å². The highest BCUT2D eigenvalue weighted by Gasteiger charge is 2.08. The smallest absolute Gasteiger partial charge is 0.226 e. The Bertz CT molecular complexity index is 699. The molecule has 1 aromatic heterocycles. The van der Waals surface area contributed by atoms with Crippen molar-refractivity contribution in [2.45, 2.75) is 26.2 Å². The Morgan fingerprint density at radius 3 is 2.92 bits per heavy atom. The predicted molar refractivity (Wildman–Crippen MR) is 88.9 cm³/mol. The van der Waals surface area contributed by atoms with E-state index in [-0.39, 0.29) is 18.7 Å². The molecular weight excluding hydrogens is 328 g/mol. The van der Waals surface area contributed by atoms with Gasteiger partial charge in [0.25, 0.3) is 0 Å². The van der Waals surface area contributed by atoms with Crippen LogP contribution in [0.1, 0.15) is 23.2 Å². The number of hydrogen-bond donors (Lipinski definition) is 1. The van der Waals surface area contributed by atoms with Crippen molar-refractivity contribution in [1.29, 1.82) is 0 Å². The molecule has 0 bridgehead atoms. The second-order valence-corrected chi connectivity index (χ2v) is 6.10. The third-order valence-electron chi connectivity index (χ3n) is 3.24. The second kappa shape index (κ2) is 9.02. The number of hydrogen-bond acceptors (Lipinski definition) is 6. The van der Waals surface area contributed by atoms with Crippen LogP contribution in [0, 0.1) is 0 Å². The molecule has 6 nitrogen and oxygen atoms in total. The number of aliphatic carboxylic acids is 1. The Labute approximate surface area is 144 Å². The molecule has 0 spiro atoms. The van der Waals surface area contributed by atoms with Gasteiger partial charge >= 0.3 is 0 Å². The van der Waals surface area contributed by atoms with Crippen molar-refractivity contribution >= 4 is 23.2 Å². The summed E-state index contributed by atoms with van der Waals surface area (Å²) in [5.41, 5.74) is 1.62. The van der Waals surface area contributed by atoms with E-state index in [2.05, 4.69) is 17.2 Å². The molecule has 128 valence electrons. The summed E-state index contributed by atoms with van der Waals surface area (Å²) in [4.78, 5) is 26.4. The first-order valence-corrected chi connectivity index (χ1v) is 8.56. The number of nitrogens with one attached hydrogen (secondary N) is 1. The van der Waals surface area contributed by atoms with Gasteiger partial charge in [-0.2, -0.15) is 0 Å². The van der Waals surface area contributed by atoms with Gasteiger partial charge in [-0.15, -0.1) is 11.3 Å². The SMILES string of the molecule is CCc1cccc(OCCNC(=O)Cc2nc(CC(=O)[O-])cs2)c1. The molecule has 1 N–H and O–H groups in total. The maximum atomic E-state index is 11.8. The molecule has 0 unspecified atom stereocenters. The molecule has 24 heavy (non-hydrogen) atoms. The maximum absolute atomic E-state index is 11.8. The normalized spacial score (nSPS) is 10.4. The number of ether oxygens (including phenoxy) is 1. The molecule has 0 atom stereocenters. The van der Waals surface area contributed by atoms with E-state index in [4.69, 9.17) is 4.74 Å². The van der Waals surface area contributed by atoms with Crippen LogP contribution in [0.15, 0.2) is 29.6 Å². The van der Waals surface area contributed by atoms with Crippen molar-refractivity contribution in [1.82, 2.24) is 10.3 Å². The van der Waals surface area contributed by atoms with Gasteiger partial charge < -0.3 is 20.0 Å². The predicted octanol–water partition coefficient (Wildman–Crippen LogP) is 0.736. The summed E-state index contributed by atoms with van der Waals surface area (Å²) < 4.78 is 5.60. The van der Waals surface area contributed by atoms with Crippen LogP contribution in [-0.2, 0) is 28.9 Å². The first-order valence-electron chi connectivity index (χ1n) is 7.68. The number of carbonyl (C=O) groups excluding carboxylic acids is 2. The third kappa shape index (κ3) is 6.00. The van der Waals surface area contributed by atoms with Crippen LogP contribution in [0.25, 0.3) is 0 Å². The van der Waals surface area contributed by atoms with E-state index in [1.807, 2.05) is 24.3 Å². The van der Waals surface area contributed by atoms with E-state index < -0.39 is 5.97 Å². The number of aryl methyl sites for hydroxylation is 1. The van der Waals surface area contributed by atoms with E-state index in [1.165, 1.54) is 16.9 Å². The lowest BCUT2D eigenvalue weighted by Gasteiger charge is -2.08. The molecule has 1 aromatic carbocycles. The average Bonchev–Trinajstić information content (AvgIpc) is 2.98. The van der Waals surface area contributed by atoms with Gasteiger partial charge in [-0.1, -0.05) is 19.1 Å². The lowest BCUT2D eigenvalue weighted by atomic mass is 10.2. The van der Waals surface area contributed by atoms with Crippen molar-refractivity contribution in [2.24, 2.45) is 0 Å². The Balaban J connectivity index is 1.69.